The van der Waals surface area contributed by atoms with Crippen LogP contribution >= 0.6 is 0 Å². The molecule has 41 atom stereocenters. The zero-order valence-corrected chi connectivity index (χ0v) is 55.3. The van der Waals surface area contributed by atoms with Crippen molar-refractivity contribution in [2.45, 2.75) is 295 Å². The topological polar surface area (TPSA) is 514 Å². The first-order chi connectivity index (χ1) is 46.0. The summed E-state index contributed by atoms with van der Waals surface area (Å²) in [6, 6.07) is 0. The molecule has 7 saturated heterocycles. The van der Waals surface area contributed by atoms with Crippen LogP contribution in [0.25, 0.3) is 0 Å². The molecule has 0 radical (unpaired) electrons. The van der Waals surface area contributed by atoms with Crippen LogP contribution in [0, 0.1) is 46.3 Å². The molecule has 0 aromatic rings. The summed E-state index contributed by atoms with van der Waals surface area (Å²) in [5.74, 6) is 0.396. The molecule has 33 nitrogen and oxygen atoms in total. The van der Waals surface area contributed by atoms with Gasteiger partial charge in [0.05, 0.1) is 58.0 Å². The fraction of sp³-hybridized carbons (Fsp3) is 0.969. The van der Waals surface area contributed by atoms with Gasteiger partial charge in [-0.3, -0.25) is 0 Å². The molecule has 19 N–H and O–H groups in total. The van der Waals surface area contributed by atoms with Crippen LogP contribution in [-0.4, -0.2) is 346 Å². The van der Waals surface area contributed by atoms with Crippen molar-refractivity contribution in [2.24, 2.45) is 46.3 Å². The Morgan fingerprint density at radius 2 is 1.02 bits per heavy atom. The number of allylic oxidation sites excluding steroid dienone is 1. The molecular formula is C64H106O33. The maximum Gasteiger partial charge on any atom is 0.187 e. The Morgan fingerprint density at radius 1 is 0.505 bits per heavy atom. The third-order valence-corrected chi connectivity index (χ3v) is 24.0. The molecular weight excluding hydrogens is 1300 g/mol. The van der Waals surface area contributed by atoms with Crippen molar-refractivity contribution < 1.29 is 163 Å². The van der Waals surface area contributed by atoms with Crippen molar-refractivity contribution in [3.8, 4) is 0 Å². The van der Waals surface area contributed by atoms with Crippen LogP contribution in [0.1, 0.15) is 92.4 Å². The van der Waals surface area contributed by atoms with Gasteiger partial charge in [-0.15, -0.1) is 0 Å². The minimum atomic E-state index is -2.14. The van der Waals surface area contributed by atoms with Gasteiger partial charge in [0.2, 0.25) is 0 Å². The number of fused-ring (bicyclic) bond motifs is 7. The molecule has 0 aromatic heterocycles. The SMILES string of the molecule is CO[C@]1(CC[C@@H](C)CO[C@@H]2O[C@H](CO)[C@@H](O)[C@H](O)[C@H]2O)O[C@H]2C[C@H]3[C@@H]4CC=C5C[C@@H](O[C@@H]6O[C@H](CO)[C@@H](O[C@@H]7O[C@H](CO)[C@@H](O)[C@H](O[C@@H]8O[C@H](CO[C@@H]9O[C@H](CO)[C@@H](O)[C@H](O)[C@H]9O)[C@@H](O)[C@H](O)[C@H]8O)[C@H]7O)[C@H](O)[C@H]6O[C@@H]6O[C@@H](C)[C@H](O)[C@@H](O)[C@H]6O)CC[C@]5(C)[C@H]4CC[C@]3(C)C2C1C. The molecule has 0 aromatic carbocycles. The van der Waals surface area contributed by atoms with Gasteiger partial charge >= 0.3 is 0 Å². The number of aliphatic hydroxyl groups excluding tert-OH is 19. The average Bonchev–Trinajstić information content (AvgIpc) is 1.57. The Hall–Kier alpha value is -1.58. The maximum absolute atomic E-state index is 12.5. The molecule has 0 bridgehead atoms. The molecule has 560 valence electrons. The van der Waals surface area contributed by atoms with Gasteiger partial charge in [-0.2, -0.15) is 0 Å². The quantitative estimate of drug-likeness (QED) is 0.0448. The highest BCUT2D eigenvalue weighted by Crippen LogP contribution is 2.70. The van der Waals surface area contributed by atoms with Crippen molar-refractivity contribution in [1.29, 1.82) is 0 Å². The Balaban J connectivity index is 0.750. The molecule has 33 heteroatoms. The lowest BCUT2D eigenvalue weighted by Crippen LogP contribution is -2.68. The van der Waals surface area contributed by atoms with E-state index in [0.717, 1.165) is 25.7 Å². The molecule has 10 fully saturated rings. The van der Waals surface area contributed by atoms with E-state index < -0.39 is 229 Å². The molecule has 3 saturated carbocycles. The van der Waals surface area contributed by atoms with E-state index in [0.29, 0.717) is 49.9 Å². The van der Waals surface area contributed by atoms with E-state index in [1.54, 1.807) is 7.11 Å². The Bertz CT molecular complexity index is 2580. The van der Waals surface area contributed by atoms with Crippen LogP contribution in [0.4, 0.5) is 0 Å². The van der Waals surface area contributed by atoms with E-state index >= 15 is 0 Å². The lowest BCUT2D eigenvalue weighted by atomic mass is 9.47. The minimum absolute atomic E-state index is 0.0408. The summed E-state index contributed by atoms with van der Waals surface area (Å²) in [5.41, 5.74) is 0.916. The highest BCUT2D eigenvalue weighted by molar-refractivity contribution is 5.27. The number of methoxy groups -OCH3 is 1. The van der Waals surface area contributed by atoms with Crippen LogP contribution < -0.4 is 0 Å². The second-order valence-corrected chi connectivity index (χ2v) is 29.7. The summed E-state index contributed by atoms with van der Waals surface area (Å²) >= 11 is 0. The van der Waals surface area contributed by atoms with Crippen molar-refractivity contribution in [2.75, 3.05) is 46.8 Å². The fourth-order valence-electron chi connectivity index (χ4n) is 18.2. The number of hydrogen-bond donors (Lipinski definition) is 19. The monoisotopic (exact) mass is 1400 g/mol. The van der Waals surface area contributed by atoms with Gasteiger partial charge < -0.3 is 163 Å². The summed E-state index contributed by atoms with van der Waals surface area (Å²) < 4.78 is 84.7. The number of rotatable bonds is 22. The minimum Gasteiger partial charge on any atom is -0.394 e. The first-order valence-corrected chi connectivity index (χ1v) is 34.3. The van der Waals surface area contributed by atoms with Gasteiger partial charge in [-0.05, 0) is 98.7 Å². The molecule has 7 aliphatic heterocycles. The van der Waals surface area contributed by atoms with E-state index in [1.165, 1.54) is 12.5 Å². The van der Waals surface area contributed by atoms with Gasteiger partial charge in [0.15, 0.2) is 43.5 Å². The Morgan fingerprint density at radius 3 is 1.64 bits per heavy atom. The molecule has 7 heterocycles. The summed E-state index contributed by atoms with van der Waals surface area (Å²) in [4.78, 5) is 0. The van der Waals surface area contributed by atoms with E-state index in [1.807, 2.05) is 6.92 Å². The molecule has 4 aliphatic carbocycles. The number of hydrogen-bond acceptors (Lipinski definition) is 33. The van der Waals surface area contributed by atoms with E-state index in [-0.39, 0.29) is 41.3 Å². The second kappa shape index (κ2) is 30.9. The van der Waals surface area contributed by atoms with Crippen LogP contribution in [0.5, 0.6) is 0 Å². The summed E-state index contributed by atoms with van der Waals surface area (Å²) in [6.45, 7) is 6.63. The van der Waals surface area contributed by atoms with E-state index in [2.05, 4.69) is 26.8 Å². The Labute approximate surface area is 561 Å². The van der Waals surface area contributed by atoms with Gasteiger partial charge in [-0.1, -0.05) is 39.3 Å². The van der Waals surface area contributed by atoms with Crippen molar-refractivity contribution in [1.82, 2.24) is 0 Å². The third kappa shape index (κ3) is 14.3. The van der Waals surface area contributed by atoms with Crippen LogP contribution in [0.2, 0.25) is 0 Å². The Kier molecular flexibility index (Phi) is 24.3. The van der Waals surface area contributed by atoms with Crippen molar-refractivity contribution in [3.63, 3.8) is 0 Å². The number of ether oxygens (including phenoxy) is 14. The molecule has 0 amide bonds. The van der Waals surface area contributed by atoms with Crippen LogP contribution in [-0.2, 0) is 66.3 Å². The molecule has 97 heavy (non-hydrogen) atoms. The summed E-state index contributed by atoms with van der Waals surface area (Å²) in [6.07, 6.45) is -43.1. The van der Waals surface area contributed by atoms with Gasteiger partial charge in [0, 0.05) is 19.4 Å². The van der Waals surface area contributed by atoms with Crippen LogP contribution in [0.3, 0.4) is 0 Å². The normalized spacial score (nSPS) is 54.3. The second-order valence-electron chi connectivity index (χ2n) is 29.7. The molecule has 11 aliphatic rings. The lowest BCUT2D eigenvalue weighted by Gasteiger charge is -2.58. The number of aliphatic hydroxyl groups is 19. The lowest BCUT2D eigenvalue weighted by molar-refractivity contribution is -0.397. The highest BCUT2D eigenvalue weighted by Gasteiger charge is 2.69. The largest absolute Gasteiger partial charge is 0.394 e. The first kappa shape index (κ1) is 76.5. The maximum atomic E-state index is 12.5. The molecule has 0 spiro atoms. The third-order valence-electron chi connectivity index (χ3n) is 24.0. The van der Waals surface area contributed by atoms with Gasteiger partial charge in [0.25, 0.3) is 0 Å². The predicted octanol–water partition coefficient (Wildman–Crippen LogP) is -6.70. The van der Waals surface area contributed by atoms with E-state index in [4.69, 9.17) is 66.3 Å². The van der Waals surface area contributed by atoms with Crippen molar-refractivity contribution >= 4 is 0 Å². The van der Waals surface area contributed by atoms with E-state index in [9.17, 15) is 97.0 Å². The predicted molar refractivity (Wildman–Crippen MR) is 320 cm³/mol. The van der Waals surface area contributed by atoms with Gasteiger partial charge in [-0.25, -0.2) is 0 Å². The zero-order valence-electron chi connectivity index (χ0n) is 55.3. The summed E-state index contributed by atoms with van der Waals surface area (Å²) in [7, 11) is 1.69. The van der Waals surface area contributed by atoms with Crippen molar-refractivity contribution in [3.05, 3.63) is 11.6 Å². The highest BCUT2D eigenvalue weighted by atomic mass is 16.8. The van der Waals surface area contributed by atoms with Gasteiger partial charge in [0.1, 0.15) is 140 Å². The molecule has 2 unspecified atom stereocenters. The fourth-order valence-corrected chi connectivity index (χ4v) is 18.2. The first-order valence-electron chi connectivity index (χ1n) is 34.3. The standard InChI is InChI=1S/C64H106O33/c1-23(21-85-56-47(78)44(75)39(70)32(17-65)89-56)9-14-64(84-6)24(2)37-31(97-64)16-30-28-8-7-26-15-27(10-12-62(26,4)29(28)11-13-63(30,37)5)88-61-55(96-58-49(80)43(74)38(69)25(3)87-58)51(82)53(35(20-68)92-61)94-60-52(83)54(42(73)34(19-67)91-60)95-59-50(81)46(77)41(72)36(93-59)22-86-57-48(79)45(76)40(71)33(18-66)90-57/h7,23-25,27-61,65-83H,8-22H2,1-6H3/t23-,24?,25+,27+,28-,29+,30+,31+,32-,33-,34-,35-,36-,37?,38+,39-,40-,41-,42-,43-,44+,45+,46+,47-,48-,49-,50-,51+,52-,53-,54+,55-,56-,57-,58+,59+,60+,61-,62+,63+,64-/m1/s1. The zero-order chi connectivity index (χ0) is 70.2. The van der Waals surface area contributed by atoms with Crippen LogP contribution in [0.15, 0.2) is 11.6 Å². The summed E-state index contributed by atoms with van der Waals surface area (Å²) in [5, 5.41) is 204. The smallest absolute Gasteiger partial charge is 0.187 e. The molecule has 11 rings (SSSR count). The average molecular weight is 1400 g/mol.